The zero-order valence-electron chi connectivity index (χ0n) is 14.8. The van der Waals surface area contributed by atoms with E-state index in [1.54, 1.807) is 0 Å². The molecule has 0 aromatic carbocycles. The molecule has 13 N–H and O–H groups in total. The summed E-state index contributed by atoms with van der Waals surface area (Å²) in [5.41, 5.74) is 11.2. The Balaban J connectivity index is -0.0000000219. The summed E-state index contributed by atoms with van der Waals surface area (Å²) < 4.78 is 16.4. The summed E-state index contributed by atoms with van der Waals surface area (Å²) in [6.07, 6.45) is 2.10. The van der Waals surface area contributed by atoms with Gasteiger partial charge in [-0.3, -0.25) is 0 Å². The molecule has 0 aromatic heterocycles. The molecule has 0 aliphatic carbocycles. The number of rotatable bonds is 12. The summed E-state index contributed by atoms with van der Waals surface area (Å²) in [6, 6.07) is 0.193. The molecule has 3 atom stereocenters. The molecule has 0 saturated carbocycles. The monoisotopic (exact) mass is 530 g/mol. The van der Waals surface area contributed by atoms with Gasteiger partial charge in [0.15, 0.2) is 0 Å². The Bertz CT molecular complexity index is 196. The van der Waals surface area contributed by atoms with Crippen molar-refractivity contribution in [3.63, 3.8) is 0 Å². The van der Waals surface area contributed by atoms with Crippen LogP contribution in [-0.2, 0) is 46.9 Å². The molecule has 0 bridgehead atoms. The Morgan fingerprint density at radius 1 is 0.567 bits per heavy atom. The molecule has 0 fully saturated rings. The molecule has 0 aromatic rings. The molecule has 30 heavy (non-hydrogen) atoms. The van der Waals surface area contributed by atoms with Crippen molar-refractivity contribution in [1.82, 2.24) is 18.5 Å². The smallest absolute Gasteiger partial charge is 0.0781 e. The Labute approximate surface area is 220 Å². The van der Waals surface area contributed by atoms with E-state index in [1.807, 2.05) is 20.8 Å². The van der Waals surface area contributed by atoms with E-state index in [2.05, 4.69) is 0 Å². The van der Waals surface area contributed by atoms with Gasteiger partial charge in [-0.1, -0.05) is 59.4 Å². The second-order valence-electron chi connectivity index (χ2n) is 4.96. The fourth-order valence-corrected chi connectivity index (χ4v) is 1.29. The molecule has 0 aliphatic heterocycles. The normalized spacial score (nSPS) is 9.90. The third kappa shape index (κ3) is 78.9. The van der Waals surface area contributed by atoms with Crippen LogP contribution in [0.25, 0.3) is 0 Å². The zero-order valence-corrected chi connectivity index (χ0v) is 17.6. The van der Waals surface area contributed by atoms with Gasteiger partial charge in [-0.2, -0.15) is 0 Å². The number of ether oxygens (including phenoxy) is 3. The number of hydrogen-bond donors (Lipinski definition) is 5. The van der Waals surface area contributed by atoms with E-state index < -0.39 is 0 Å². The minimum Gasteiger partial charge on any atom is -0.380 e. The Morgan fingerprint density at radius 2 is 0.867 bits per heavy atom. The Morgan fingerprint density at radius 3 is 1.17 bits per heavy atom. The summed E-state index contributed by atoms with van der Waals surface area (Å²) in [5.74, 6) is 0. The van der Waals surface area contributed by atoms with Gasteiger partial charge in [0.25, 0.3) is 0 Å². The second kappa shape index (κ2) is 63.0. The van der Waals surface area contributed by atoms with Crippen LogP contribution in [0.4, 0.5) is 0 Å². The van der Waals surface area contributed by atoms with Crippen molar-refractivity contribution in [2.45, 2.75) is 111 Å². The predicted molar refractivity (Wildman–Crippen MR) is 142 cm³/mol. The summed E-state index contributed by atoms with van der Waals surface area (Å²) in [7, 11) is 0. The van der Waals surface area contributed by atoms with Crippen LogP contribution < -0.4 is 29.9 Å². The van der Waals surface area contributed by atoms with Crippen LogP contribution >= 0.6 is 0 Å². The van der Waals surface area contributed by atoms with E-state index in [0.717, 1.165) is 26.1 Å². The first-order valence-electron chi connectivity index (χ1n) is 6.80. The molecule has 9 heteroatoms. The van der Waals surface area contributed by atoms with Crippen molar-refractivity contribution >= 4 is 0 Å². The van der Waals surface area contributed by atoms with Crippen molar-refractivity contribution in [1.29, 1.82) is 0 Å². The topological polar surface area (TPSA) is 185 Å². The average molecular weight is 531 g/mol. The molecule has 8 nitrogen and oxygen atoms in total. The number of unbranched alkanes of at least 4 members (excludes halogenated alkanes) is 1. The summed E-state index contributed by atoms with van der Waals surface area (Å²) in [6.45, 7) is 9.18. The van der Waals surface area contributed by atoms with Gasteiger partial charge in [0.05, 0.1) is 25.9 Å². The first-order valence-corrected chi connectivity index (χ1v) is 6.80. The van der Waals surface area contributed by atoms with E-state index in [4.69, 9.17) is 25.7 Å². The van der Waals surface area contributed by atoms with Crippen molar-refractivity contribution in [2.24, 2.45) is 11.5 Å². The largest absolute Gasteiger partial charge is 0.380 e. The van der Waals surface area contributed by atoms with E-state index in [-0.39, 0.29) is 129 Å². The minimum absolute atomic E-state index is 0. The molecule has 0 saturated heterocycles. The zero-order chi connectivity index (χ0) is 13.8. The maximum Gasteiger partial charge on any atom is 0.0781 e. The van der Waals surface area contributed by atoms with Crippen LogP contribution in [0.5, 0.6) is 0 Å². The average Bonchev–Trinajstić information content (AvgIpc) is 2.29. The molecule has 0 amide bonds. The van der Waals surface area contributed by atoms with Crippen LogP contribution in [0, 0.1) is 0 Å². The predicted octanol–water partition coefficient (Wildman–Crippen LogP) is 6.47. The summed E-state index contributed by atoms with van der Waals surface area (Å²) in [5, 5.41) is 0. The van der Waals surface area contributed by atoms with Crippen molar-refractivity contribution in [3.8, 4) is 0 Å². The van der Waals surface area contributed by atoms with Gasteiger partial charge in [0, 0.05) is 58.0 Å². The van der Waals surface area contributed by atoms with Gasteiger partial charge in [-0.15, -0.1) is 0 Å². The van der Waals surface area contributed by atoms with Gasteiger partial charge in [-0.25, -0.2) is 0 Å². The van der Waals surface area contributed by atoms with E-state index in [1.165, 1.54) is 0 Å². The first-order chi connectivity index (χ1) is 8.52. The van der Waals surface area contributed by atoms with Gasteiger partial charge < -0.3 is 44.1 Å². The minimum atomic E-state index is 0. The maximum absolute atomic E-state index is 5.60. The molecule has 0 spiro atoms. The fraction of sp³-hybridized carbons (Fsp3) is 1.00. The van der Waals surface area contributed by atoms with Crippen molar-refractivity contribution in [3.05, 3.63) is 0 Å². The third-order valence-electron chi connectivity index (χ3n) is 2.20. The van der Waals surface area contributed by atoms with E-state index in [9.17, 15) is 0 Å². The quantitative estimate of drug-likeness (QED) is 0.178. The molecule has 1 radical (unpaired) electrons. The van der Waals surface area contributed by atoms with Crippen LogP contribution in [0.2, 0.25) is 0 Å². The second-order valence-corrected chi connectivity index (χ2v) is 4.96. The van der Waals surface area contributed by atoms with Crippen LogP contribution in [0.15, 0.2) is 0 Å². The van der Waals surface area contributed by atoms with Crippen LogP contribution in [0.3, 0.4) is 0 Å². The van der Waals surface area contributed by atoms with E-state index >= 15 is 0 Å². The molecule has 0 rings (SSSR count). The molecular formula is C21H71N5O3Y. The van der Waals surface area contributed by atoms with Gasteiger partial charge >= 0.3 is 0 Å². The van der Waals surface area contributed by atoms with Crippen molar-refractivity contribution < 1.29 is 46.9 Å². The Hall–Kier alpha value is 0.784. The van der Waals surface area contributed by atoms with Gasteiger partial charge in [0.2, 0.25) is 0 Å². The maximum atomic E-state index is 5.60. The molecular weight excluding hydrogens is 459 g/mol. The summed E-state index contributed by atoms with van der Waals surface area (Å²) >= 11 is 0. The summed E-state index contributed by atoms with van der Waals surface area (Å²) in [4.78, 5) is 0. The molecule has 0 heterocycles. The van der Waals surface area contributed by atoms with Crippen molar-refractivity contribution in [2.75, 3.05) is 33.0 Å². The van der Waals surface area contributed by atoms with E-state index in [0.29, 0.717) is 19.8 Å². The van der Waals surface area contributed by atoms with Gasteiger partial charge in [0.1, 0.15) is 0 Å². The Kier molecular flexibility index (Phi) is 181. The molecule has 3 unspecified atom stereocenters. The third-order valence-corrected chi connectivity index (χ3v) is 2.20. The standard InChI is InChI=1S/C13H30N2O3.8CH4.3H3N.Y/c1-11(14)8-16-6-4-5-7-17-10-13(3)18-9-12(2)15;;;;;;;;;;;;/h11-13H,4-10,14-15H2,1-3H3;8*1H4;3*1H3;. The first kappa shape index (κ1) is 86.3. The van der Waals surface area contributed by atoms with Gasteiger partial charge in [-0.05, 0) is 33.6 Å². The van der Waals surface area contributed by atoms with Crippen LogP contribution in [0.1, 0.15) is 93.0 Å². The molecule has 0 aliphatic rings. The number of hydrogen-bond acceptors (Lipinski definition) is 8. The molecule has 201 valence electrons. The number of nitrogens with two attached hydrogens (primary N) is 2. The SMILES string of the molecule is C.C.C.C.C.C.C.C.CC(N)COCCCCOCC(C)OCC(C)N.N.N.N.[Y]. The fourth-order valence-electron chi connectivity index (χ4n) is 1.29. The van der Waals surface area contributed by atoms with Crippen LogP contribution in [-0.4, -0.2) is 51.2 Å².